The van der Waals surface area contributed by atoms with E-state index in [0.29, 0.717) is 0 Å². The first-order valence-corrected chi connectivity index (χ1v) is 5.42. The smallest absolute Gasteiger partial charge is 0.208 e. The van der Waals surface area contributed by atoms with Gasteiger partial charge in [-0.05, 0) is 0 Å². The molecule has 1 heterocycles. The topological polar surface area (TPSA) is 43.3 Å². The van der Waals surface area contributed by atoms with Crippen molar-refractivity contribution in [3.8, 4) is 0 Å². The molecule has 0 radical (unpaired) electrons. The van der Waals surface area contributed by atoms with E-state index in [1.54, 1.807) is 11.3 Å². The second-order valence-corrected chi connectivity index (χ2v) is 5.02. The van der Waals surface area contributed by atoms with Crippen LogP contribution in [0.4, 0.5) is 0 Å². The summed E-state index contributed by atoms with van der Waals surface area (Å²) in [6, 6.07) is 0. The summed E-state index contributed by atoms with van der Waals surface area (Å²) in [5.74, 6) is 5.32. The van der Waals surface area contributed by atoms with Crippen LogP contribution in [0, 0.1) is 0 Å². The van der Waals surface area contributed by atoms with Crippen molar-refractivity contribution in [2.24, 2.45) is 10.9 Å². The zero-order chi connectivity index (χ0) is 10.8. The van der Waals surface area contributed by atoms with Gasteiger partial charge < -0.3 is 10.4 Å². The molecule has 3 nitrogen and oxygen atoms in total. The van der Waals surface area contributed by atoms with E-state index in [1.807, 2.05) is 6.08 Å². The van der Waals surface area contributed by atoms with Crippen molar-refractivity contribution >= 4 is 23.7 Å². The molecule has 1 aromatic rings. The first kappa shape index (κ1) is 14.3. The van der Waals surface area contributed by atoms with Gasteiger partial charge in [0.15, 0.2) is 0 Å². The Morgan fingerprint density at radius 1 is 1.60 bits per heavy atom. The lowest BCUT2D eigenvalue weighted by molar-refractivity contribution is 0.526. The van der Waals surface area contributed by atoms with E-state index >= 15 is 0 Å². The van der Waals surface area contributed by atoms with E-state index < -0.39 is 0 Å². The van der Waals surface area contributed by atoms with Crippen molar-refractivity contribution in [1.82, 2.24) is 4.57 Å². The number of hydrogen-bond acceptors (Lipinski definition) is 3. The number of nitrogens with two attached hydrogens (primary N) is 1. The Morgan fingerprint density at radius 2 is 2.20 bits per heavy atom. The molecule has 0 saturated heterocycles. The summed E-state index contributed by atoms with van der Waals surface area (Å²) in [6.45, 7) is 11.0. The lowest BCUT2D eigenvalue weighted by atomic mass is 9.93. The number of hydrogen-bond donors (Lipinski definition) is 1. The first-order valence-electron chi connectivity index (χ1n) is 4.54. The molecule has 0 aliphatic rings. The highest BCUT2D eigenvalue weighted by atomic mass is 35.5. The van der Waals surface area contributed by atoms with Crippen LogP contribution in [0.3, 0.4) is 0 Å². The van der Waals surface area contributed by atoms with Crippen LogP contribution in [0.2, 0.25) is 0 Å². The standard InChI is InChI=1S/C10H17N3S.ClH/c1-5-6-13-8(10(2,3)4)7-14-9(13)12-11;/h5,7H,1,6,11H2,2-4H3;1H/b12-9-;. The SMILES string of the molecule is C=CCn1c(C(C)(C)C)cs/c1=N\N.Cl. The van der Waals surface area contributed by atoms with Gasteiger partial charge in [0.25, 0.3) is 0 Å². The van der Waals surface area contributed by atoms with Gasteiger partial charge in [-0.15, -0.1) is 30.3 Å². The van der Waals surface area contributed by atoms with Crippen LogP contribution in [0.1, 0.15) is 26.5 Å². The van der Waals surface area contributed by atoms with Gasteiger partial charge in [0, 0.05) is 23.0 Å². The second kappa shape index (κ2) is 5.37. The van der Waals surface area contributed by atoms with Crippen LogP contribution in [-0.4, -0.2) is 4.57 Å². The van der Waals surface area contributed by atoms with Gasteiger partial charge in [0.2, 0.25) is 4.80 Å². The van der Waals surface area contributed by atoms with Crippen molar-refractivity contribution < 1.29 is 0 Å². The molecule has 0 spiro atoms. The maximum atomic E-state index is 5.32. The summed E-state index contributed by atoms with van der Waals surface area (Å²) >= 11 is 1.57. The highest BCUT2D eigenvalue weighted by molar-refractivity contribution is 7.07. The zero-order valence-electron chi connectivity index (χ0n) is 9.36. The molecular formula is C10H18ClN3S. The summed E-state index contributed by atoms with van der Waals surface area (Å²) < 4.78 is 2.09. The van der Waals surface area contributed by atoms with Crippen molar-refractivity contribution in [3.63, 3.8) is 0 Å². The molecule has 0 amide bonds. The van der Waals surface area contributed by atoms with Crippen molar-refractivity contribution in [2.75, 3.05) is 0 Å². The van der Waals surface area contributed by atoms with Crippen LogP contribution >= 0.6 is 23.7 Å². The summed E-state index contributed by atoms with van der Waals surface area (Å²) in [4.78, 5) is 0.842. The van der Waals surface area contributed by atoms with E-state index in [9.17, 15) is 0 Å². The largest absolute Gasteiger partial charge is 0.320 e. The van der Waals surface area contributed by atoms with Crippen molar-refractivity contribution in [3.05, 3.63) is 28.5 Å². The van der Waals surface area contributed by atoms with Crippen molar-refractivity contribution in [2.45, 2.75) is 32.7 Å². The van der Waals surface area contributed by atoms with Gasteiger partial charge in [0.05, 0.1) is 0 Å². The molecule has 0 unspecified atom stereocenters. The predicted molar refractivity (Wildman–Crippen MR) is 68.2 cm³/mol. The highest BCUT2D eigenvalue weighted by Gasteiger charge is 2.18. The lowest BCUT2D eigenvalue weighted by Gasteiger charge is -2.20. The normalized spacial score (nSPS) is 12.3. The third-order valence-electron chi connectivity index (χ3n) is 1.99. The fourth-order valence-electron chi connectivity index (χ4n) is 1.33. The molecule has 1 aromatic heterocycles. The van der Waals surface area contributed by atoms with E-state index in [1.165, 1.54) is 5.69 Å². The van der Waals surface area contributed by atoms with E-state index in [4.69, 9.17) is 5.84 Å². The molecule has 0 aliphatic heterocycles. The molecule has 0 atom stereocenters. The summed E-state index contributed by atoms with van der Waals surface area (Å²) in [6.07, 6.45) is 1.86. The Labute approximate surface area is 101 Å². The molecule has 0 fully saturated rings. The van der Waals surface area contributed by atoms with E-state index in [0.717, 1.165) is 11.3 Å². The zero-order valence-corrected chi connectivity index (χ0v) is 11.0. The number of halogens is 1. The number of thiazole rings is 1. The van der Waals surface area contributed by atoms with Gasteiger partial charge in [-0.1, -0.05) is 26.8 Å². The average molecular weight is 248 g/mol. The highest BCUT2D eigenvalue weighted by Crippen LogP contribution is 2.22. The molecule has 1 rings (SSSR count). The summed E-state index contributed by atoms with van der Waals surface area (Å²) in [7, 11) is 0. The molecule has 2 N–H and O–H groups in total. The molecule has 15 heavy (non-hydrogen) atoms. The molecule has 5 heteroatoms. The number of aromatic nitrogens is 1. The quantitative estimate of drug-likeness (QED) is 0.486. The number of nitrogens with zero attached hydrogens (tertiary/aromatic N) is 2. The third kappa shape index (κ3) is 3.11. The predicted octanol–water partition coefficient (Wildman–Crippen LogP) is 2.23. The van der Waals surface area contributed by atoms with Crippen molar-refractivity contribution in [1.29, 1.82) is 0 Å². The van der Waals surface area contributed by atoms with Crippen LogP contribution in [0.5, 0.6) is 0 Å². The van der Waals surface area contributed by atoms with E-state index in [-0.39, 0.29) is 17.8 Å². The second-order valence-electron chi connectivity index (χ2n) is 4.18. The minimum atomic E-state index is 0. The molecular weight excluding hydrogens is 230 g/mol. The Bertz CT molecular complexity index is 384. The first-order chi connectivity index (χ1) is 6.50. The lowest BCUT2D eigenvalue weighted by Crippen LogP contribution is -2.24. The Balaban J connectivity index is 0.00000196. The molecule has 0 saturated carbocycles. The van der Waals surface area contributed by atoms with Crippen LogP contribution in [0.25, 0.3) is 0 Å². The van der Waals surface area contributed by atoms with Crippen LogP contribution in [-0.2, 0) is 12.0 Å². The maximum absolute atomic E-state index is 5.32. The van der Waals surface area contributed by atoms with Gasteiger partial charge >= 0.3 is 0 Å². The fourth-order valence-corrected chi connectivity index (χ4v) is 2.38. The Kier molecular flexibility index (Phi) is 5.11. The molecule has 0 bridgehead atoms. The summed E-state index contributed by atoms with van der Waals surface area (Å²) in [5, 5.41) is 5.86. The molecule has 0 aromatic carbocycles. The van der Waals surface area contributed by atoms with Crippen LogP contribution < -0.4 is 10.6 Å². The van der Waals surface area contributed by atoms with Gasteiger partial charge in [0.1, 0.15) is 0 Å². The Morgan fingerprint density at radius 3 is 2.60 bits per heavy atom. The van der Waals surface area contributed by atoms with Gasteiger partial charge in [-0.25, -0.2) is 0 Å². The summed E-state index contributed by atoms with van der Waals surface area (Å²) in [5.41, 5.74) is 1.36. The Hall–Kier alpha value is -0.740. The number of allylic oxidation sites excluding steroid dienone is 1. The number of rotatable bonds is 2. The van der Waals surface area contributed by atoms with Gasteiger partial charge in [-0.2, -0.15) is 5.10 Å². The monoisotopic (exact) mass is 247 g/mol. The third-order valence-corrected chi connectivity index (χ3v) is 2.87. The van der Waals surface area contributed by atoms with Crippen LogP contribution in [0.15, 0.2) is 23.1 Å². The molecule has 86 valence electrons. The average Bonchev–Trinajstić information content (AvgIpc) is 2.47. The molecule has 0 aliphatic carbocycles. The fraction of sp³-hybridized carbons (Fsp3) is 0.500. The van der Waals surface area contributed by atoms with Gasteiger partial charge in [-0.3, -0.25) is 0 Å². The van der Waals surface area contributed by atoms with E-state index in [2.05, 4.69) is 42.4 Å². The maximum Gasteiger partial charge on any atom is 0.208 e. The minimum absolute atomic E-state index is 0. The minimum Gasteiger partial charge on any atom is -0.320 e.